The monoisotopic (exact) mass is 234 g/mol. The van der Waals surface area contributed by atoms with Gasteiger partial charge in [-0.3, -0.25) is 10.1 Å². The van der Waals surface area contributed by atoms with Crippen LogP contribution < -0.4 is 5.32 Å². The third-order valence-corrected chi connectivity index (χ3v) is 3.59. The molecule has 2 rings (SSSR count). The minimum atomic E-state index is -0.324. The highest BCUT2D eigenvalue weighted by Crippen LogP contribution is 2.33. The lowest BCUT2D eigenvalue weighted by Gasteiger charge is -2.32. The van der Waals surface area contributed by atoms with E-state index in [1.807, 2.05) is 13.0 Å². The van der Waals surface area contributed by atoms with E-state index in [0.717, 1.165) is 5.56 Å². The zero-order chi connectivity index (χ0) is 12.4. The second-order valence-electron chi connectivity index (χ2n) is 4.90. The molecule has 0 aromatic heterocycles. The summed E-state index contributed by atoms with van der Waals surface area (Å²) in [5.74, 6) is 0.662. The van der Waals surface area contributed by atoms with Gasteiger partial charge in [-0.1, -0.05) is 12.5 Å². The van der Waals surface area contributed by atoms with Crippen molar-refractivity contribution in [1.82, 2.24) is 0 Å². The molecular weight excluding hydrogens is 216 g/mol. The van der Waals surface area contributed by atoms with Crippen LogP contribution in [0.25, 0.3) is 0 Å². The van der Waals surface area contributed by atoms with Crippen LogP contribution in [-0.4, -0.2) is 11.0 Å². The Morgan fingerprint density at radius 2 is 2.18 bits per heavy atom. The number of benzene rings is 1. The van der Waals surface area contributed by atoms with E-state index < -0.39 is 0 Å². The van der Waals surface area contributed by atoms with E-state index in [1.165, 1.54) is 19.3 Å². The van der Waals surface area contributed by atoms with Crippen LogP contribution in [0.15, 0.2) is 18.2 Å². The number of rotatable bonds is 4. The number of anilines is 1. The van der Waals surface area contributed by atoms with Crippen molar-refractivity contribution in [2.24, 2.45) is 5.92 Å². The van der Waals surface area contributed by atoms with E-state index in [9.17, 15) is 10.1 Å². The molecule has 0 radical (unpaired) electrons. The average Bonchev–Trinajstić information content (AvgIpc) is 2.13. The number of hydrogen-bond acceptors (Lipinski definition) is 3. The molecule has 1 N–H and O–H groups in total. The van der Waals surface area contributed by atoms with Crippen molar-refractivity contribution < 1.29 is 4.92 Å². The van der Waals surface area contributed by atoms with E-state index in [4.69, 9.17) is 0 Å². The normalized spacial score (nSPS) is 17.3. The van der Waals surface area contributed by atoms with Crippen molar-refractivity contribution in [1.29, 1.82) is 0 Å². The van der Waals surface area contributed by atoms with Gasteiger partial charge in [-0.05, 0) is 44.2 Å². The van der Waals surface area contributed by atoms with Crippen molar-refractivity contribution in [3.63, 3.8) is 0 Å². The van der Waals surface area contributed by atoms with Gasteiger partial charge >= 0.3 is 0 Å². The highest BCUT2D eigenvalue weighted by atomic mass is 16.6. The summed E-state index contributed by atoms with van der Waals surface area (Å²) in [6.07, 6.45) is 3.74. The SMILES string of the molecule is Cc1ccc([N+](=O)[O-])c(NC(C)C2CCC2)c1. The third-order valence-electron chi connectivity index (χ3n) is 3.59. The highest BCUT2D eigenvalue weighted by molar-refractivity contribution is 5.63. The maximum Gasteiger partial charge on any atom is 0.292 e. The first kappa shape index (κ1) is 11.9. The van der Waals surface area contributed by atoms with E-state index in [2.05, 4.69) is 12.2 Å². The van der Waals surface area contributed by atoms with Gasteiger partial charge in [0.1, 0.15) is 5.69 Å². The molecular formula is C13H18N2O2. The Kier molecular flexibility index (Phi) is 3.31. The third kappa shape index (κ3) is 2.57. The molecule has 0 spiro atoms. The molecule has 0 saturated heterocycles. The lowest BCUT2D eigenvalue weighted by molar-refractivity contribution is -0.384. The van der Waals surface area contributed by atoms with Gasteiger partial charge in [0, 0.05) is 12.1 Å². The largest absolute Gasteiger partial charge is 0.377 e. The molecule has 4 heteroatoms. The Morgan fingerprint density at radius 3 is 2.71 bits per heavy atom. The molecule has 92 valence electrons. The molecule has 1 unspecified atom stereocenters. The van der Waals surface area contributed by atoms with Crippen molar-refractivity contribution in [3.8, 4) is 0 Å². The maximum atomic E-state index is 10.9. The van der Waals surface area contributed by atoms with E-state index in [1.54, 1.807) is 12.1 Å². The number of nitrogens with one attached hydrogen (secondary N) is 1. The lowest BCUT2D eigenvalue weighted by Crippen LogP contribution is -2.31. The maximum absolute atomic E-state index is 10.9. The first-order valence-corrected chi connectivity index (χ1v) is 6.09. The van der Waals surface area contributed by atoms with E-state index in [-0.39, 0.29) is 10.6 Å². The number of hydrogen-bond donors (Lipinski definition) is 1. The summed E-state index contributed by atoms with van der Waals surface area (Å²) in [7, 11) is 0. The molecule has 1 aromatic rings. The van der Waals surface area contributed by atoms with Gasteiger partial charge in [-0.15, -0.1) is 0 Å². The summed E-state index contributed by atoms with van der Waals surface area (Å²) in [6, 6.07) is 5.51. The molecule has 1 saturated carbocycles. The van der Waals surface area contributed by atoms with Crippen LogP contribution in [0.4, 0.5) is 11.4 Å². The fourth-order valence-corrected chi connectivity index (χ4v) is 2.23. The van der Waals surface area contributed by atoms with Crippen LogP contribution in [0.3, 0.4) is 0 Å². The van der Waals surface area contributed by atoms with Gasteiger partial charge in [-0.25, -0.2) is 0 Å². The van der Waals surface area contributed by atoms with Crippen molar-refractivity contribution in [3.05, 3.63) is 33.9 Å². The number of nitro groups is 1. The van der Waals surface area contributed by atoms with E-state index >= 15 is 0 Å². The summed E-state index contributed by atoms with van der Waals surface area (Å²) in [5, 5.41) is 14.2. The zero-order valence-corrected chi connectivity index (χ0v) is 10.3. The van der Waals surface area contributed by atoms with Crippen LogP contribution in [0, 0.1) is 23.0 Å². The molecule has 17 heavy (non-hydrogen) atoms. The molecule has 1 aromatic carbocycles. The molecule has 0 amide bonds. The fraction of sp³-hybridized carbons (Fsp3) is 0.538. The van der Waals surface area contributed by atoms with Crippen molar-refractivity contribution in [2.75, 3.05) is 5.32 Å². The van der Waals surface area contributed by atoms with Crippen molar-refractivity contribution >= 4 is 11.4 Å². The first-order chi connectivity index (χ1) is 8.08. The van der Waals surface area contributed by atoms with Gasteiger partial charge < -0.3 is 5.32 Å². The smallest absolute Gasteiger partial charge is 0.292 e. The van der Waals surface area contributed by atoms with E-state index in [0.29, 0.717) is 17.6 Å². The molecule has 1 fully saturated rings. The van der Waals surface area contributed by atoms with Crippen LogP contribution in [0.1, 0.15) is 31.7 Å². The molecule has 0 heterocycles. The number of aryl methyl sites for hydroxylation is 1. The van der Waals surface area contributed by atoms with Gasteiger partial charge in [0.15, 0.2) is 0 Å². The Morgan fingerprint density at radius 1 is 1.47 bits per heavy atom. The number of nitrogens with zero attached hydrogens (tertiary/aromatic N) is 1. The van der Waals surface area contributed by atoms with Gasteiger partial charge in [0.25, 0.3) is 5.69 Å². The van der Waals surface area contributed by atoms with Gasteiger partial charge in [-0.2, -0.15) is 0 Å². The predicted octanol–water partition coefficient (Wildman–Crippen LogP) is 3.50. The minimum absolute atomic E-state index is 0.168. The molecule has 1 aliphatic carbocycles. The molecule has 0 aliphatic heterocycles. The zero-order valence-electron chi connectivity index (χ0n) is 10.3. The quantitative estimate of drug-likeness (QED) is 0.640. The average molecular weight is 234 g/mol. The Labute approximate surface area is 101 Å². The Bertz CT molecular complexity index is 427. The molecule has 1 aliphatic rings. The van der Waals surface area contributed by atoms with Crippen molar-refractivity contribution in [2.45, 2.75) is 39.2 Å². The van der Waals surface area contributed by atoms with Crippen LogP contribution in [-0.2, 0) is 0 Å². The standard InChI is InChI=1S/C13H18N2O2/c1-9-6-7-13(15(16)17)12(8-9)14-10(2)11-4-3-5-11/h6-8,10-11,14H,3-5H2,1-2H3. The Hall–Kier alpha value is -1.58. The minimum Gasteiger partial charge on any atom is -0.377 e. The summed E-state index contributed by atoms with van der Waals surface area (Å²) < 4.78 is 0. The predicted molar refractivity (Wildman–Crippen MR) is 68.3 cm³/mol. The summed E-state index contributed by atoms with van der Waals surface area (Å²) >= 11 is 0. The lowest BCUT2D eigenvalue weighted by atomic mass is 9.80. The second kappa shape index (κ2) is 4.73. The summed E-state index contributed by atoms with van der Waals surface area (Å²) in [5.41, 5.74) is 1.86. The van der Waals surface area contributed by atoms with Crippen LogP contribution in [0.5, 0.6) is 0 Å². The first-order valence-electron chi connectivity index (χ1n) is 6.09. The fourth-order valence-electron chi connectivity index (χ4n) is 2.23. The van der Waals surface area contributed by atoms with Crippen LogP contribution in [0.2, 0.25) is 0 Å². The molecule has 4 nitrogen and oxygen atoms in total. The second-order valence-corrected chi connectivity index (χ2v) is 4.90. The highest BCUT2D eigenvalue weighted by Gasteiger charge is 2.25. The van der Waals surface area contributed by atoms with Gasteiger partial charge in [0.2, 0.25) is 0 Å². The van der Waals surface area contributed by atoms with Crippen LogP contribution >= 0.6 is 0 Å². The number of nitro benzene ring substituents is 1. The topological polar surface area (TPSA) is 55.2 Å². The molecule has 1 atom stereocenters. The summed E-state index contributed by atoms with van der Waals surface area (Å²) in [6.45, 7) is 4.05. The van der Waals surface area contributed by atoms with Gasteiger partial charge in [0.05, 0.1) is 4.92 Å². The molecule has 0 bridgehead atoms. The summed E-state index contributed by atoms with van der Waals surface area (Å²) in [4.78, 5) is 10.6. The Balaban J connectivity index is 2.17.